The largest absolute Gasteiger partial charge is 0.355 e. The molecule has 0 aromatic rings. The predicted molar refractivity (Wildman–Crippen MR) is 73.3 cm³/mol. The van der Waals surface area contributed by atoms with E-state index in [-0.39, 0.29) is 11.9 Å². The molecule has 2 rings (SSSR count). The van der Waals surface area contributed by atoms with Crippen molar-refractivity contribution in [2.75, 3.05) is 18.6 Å². The van der Waals surface area contributed by atoms with Gasteiger partial charge in [-0.2, -0.15) is 11.8 Å². The maximum Gasteiger partial charge on any atom is 0.237 e. The van der Waals surface area contributed by atoms with Crippen LogP contribution < -0.4 is 10.6 Å². The molecule has 3 atom stereocenters. The lowest BCUT2D eigenvalue weighted by atomic mass is 9.85. The molecule has 0 radical (unpaired) electrons. The van der Waals surface area contributed by atoms with E-state index in [1.54, 1.807) is 0 Å². The number of rotatable bonds is 5. The molecular weight excluding hydrogens is 232 g/mol. The first-order valence-corrected chi connectivity index (χ1v) is 8.23. The number of hydrogen-bond donors (Lipinski definition) is 2. The lowest BCUT2D eigenvalue weighted by molar-refractivity contribution is -0.122. The Balaban J connectivity index is 1.70. The molecule has 2 fully saturated rings. The summed E-state index contributed by atoms with van der Waals surface area (Å²) < 4.78 is 0. The van der Waals surface area contributed by atoms with E-state index in [1.165, 1.54) is 25.7 Å². The molecule has 0 bridgehead atoms. The molecule has 1 aliphatic heterocycles. The number of amides is 1. The van der Waals surface area contributed by atoms with Gasteiger partial charge >= 0.3 is 0 Å². The minimum atomic E-state index is 0.0809. The first kappa shape index (κ1) is 13.2. The average molecular weight is 256 g/mol. The normalized spacial score (nSPS) is 32.2. The molecule has 0 aromatic heterocycles. The van der Waals surface area contributed by atoms with Crippen molar-refractivity contribution in [3.8, 4) is 0 Å². The average Bonchev–Trinajstić information content (AvgIpc) is 2.78. The van der Waals surface area contributed by atoms with Gasteiger partial charge in [0.2, 0.25) is 5.91 Å². The third-order valence-corrected chi connectivity index (χ3v) is 4.70. The number of carbonyl (C=O) groups excluding carboxylic acids is 1. The maximum atomic E-state index is 12.0. The van der Waals surface area contributed by atoms with Crippen molar-refractivity contribution in [2.45, 2.75) is 50.6 Å². The van der Waals surface area contributed by atoms with Crippen molar-refractivity contribution in [1.29, 1.82) is 0 Å². The van der Waals surface area contributed by atoms with Crippen LogP contribution in [-0.4, -0.2) is 36.5 Å². The lowest BCUT2D eigenvalue weighted by Crippen LogP contribution is -2.43. The number of carbonyl (C=O) groups is 1. The summed E-state index contributed by atoms with van der Waals surface area (Å²) in [7, 11) is 0. The second kappa shape index (κ2) is 6.64. The van der Waals surface area contributed by atoms with Gasteiger partial charge < -0.3 is 10.6 Å². The minimum absolute atomic E-state index is 0.0809. The highest BCUT2D eigenvalue weighted by Gasteiger charge is 2.37. The molecule has 1 heterocycles. The molecule has 1 amide bonds. The summed E-state index contributed by atoms with van der Waals surface area (Å²) in [4.78, 5) is 12.0. The third kappa shape index (κ3) is 3.62. The van der Waals surface area contributed by atoms with E-state index in [2.05, 4.69) is 16.9 Å². The van der Waals surface area contributed by atoms with Gasteiger partial charge in [0.1, 0.15) is 0 Å². The third-order valence-electron chi connectivity index (χ3n) is 4.00. The first-order valence-electron chi connectivity index (χ1n) is 6.84. The summed E-state index contributed by atoms with van der Waals surface area (Å²) >= 11 is 1.83. The van der Waals surface area contributed by atoms with Gasteiger partial charge in [-0.25, -0.2) is 0 Å². The lowest BCUT2D eigenvalue weighted by Gasteiger charge is -2.24. The Bertz CT molecular complexity index is 246. The SMILES string of the molecule is CSCCCNC(=O)C1CC2CCCCC2N1. The molecule has 1 aliphatic carbocycles. The number of thioether (sulfide) groups is 1. The Kier molecular flexibility index (Phi) is 5.16. The molecule has 1 saturated carbocycles. The van der Waals surface area contributed by atoms with E-state index in [0.29, 0.717) is 6.04 Å². The van der Waals surface area contributed by atoms with Gasteiger partial charge in [-0.15, -0.1) is 0 Å². The van der Waals surface area contributed by atoms with Crippen LogP contribution >= 0.6 is 11.8 Å². The summed E-state index contributed by atoms with van der Waals surface area (Å²) in [5.74, 6) is 2.11. The van der Waals surface area contributed by atoms with Gasteiger partial charge in [0.15, 0.2) is 0 Å². The monoisotopic (exact) mass is 256 g/mol. The standard InChI is InChI=1S/C13H24N2OS/c1-17-8-4-7-14-13(16)12-9-10-5-2-3-6-11(10)15-12/h10-12,15H,2-9H2,1H3,(H,14,16). The Morgan fingerprint density at radius 2 is 2.24 bits per heavy atom. The van der Waals surface area contributed by atoms with Crippen molar-refractivity contribution in [3.05, 3.63) is 0 Å². The summed E-state index contributed by atoms with van der Waals surface area (Å²) in [6, 6.07) is 0.697. The predicted octanol–water partition coefficient (Wildman–Crippen LogP) is 1.78. The van der Waals surface area contributed by atoms with Crippen molar-refractivity contribution >= 4 is 17.7 Å². The Morgan fingerprint density at radius 1 is 1.41 bits per heavy atom. The molecule has 3 unspecified atom stereocenters. The molecule has 98 valence electrons. The maximum absolute atomic E-state index is 12.0. The quantitative estimate of drug-likeness (QED) is 0.737. The van der Waals surface area contributed by atoms with Gasteiger partial charge in [0.25, 0.3) is 0 Å². The Hall–Kier alpha value is -0.220. The van der Waals surface area contributed by atoms with Gasteiger partial charge in [0, 0.05) is 12.6 Å². The van der Waals surface area contributed by atoms with Crippen molar-refractivity contribution in [2.24, 2.45) is 5.92 Å². The fourth-order valence-corrected chi connectivity index (χ4v) is 3.51. The molecule has 1 saturated heterocycles. The number of fused-ring (bicyclic) bond motifs is 1. The first-order chi connectivity index (χ1) is 8.31. The fraction of sp³-hybridized carbons (Fsp3) is 0.923. The zero-order valence-electron chi connectivity index (χ0n) is 10.7. The Labute approximate surface area is 108 Å². The molecule has 2 aliphatic rings. The second-order valence-electron chi connectivity index (χ2n) is 5.24. The highest BCUT2D eigenvalue weighted by atomic mass is 32.2. The fourth-order valence-electron chi connectivity index (χ4n) is 3.07. The molecule has 0 aromatic carbocycles. The van der Waals surface area contributed by atoms with E-state index in [1.807, 2.05) is 11.8 Å². The van der Waals surface area contributed by atoms with Crippen LogP contribution in [0.3, 0.4) is 0 Å². The molecular formula is C13H24N2OS. The van der Waals surface area contributed by atoms with Crippen LogP contribution in [0.15, 0.2) is 0 Å². The molecule has 17 heavy (non-hydrogen) atoms. The zero-order chi connectivity index (χ0) is 12.1. The summed E-state index contributed by atoms with van der Waals surface area (Å²) in [5.41, 5.74) is 0. The van der Waals surface area contributed by atoms with E-state index in [9.17, 15) is 4.79 Å². The molecule has 2 N–H and O–H groups in total. The smallest absolute Gasteiger partial charge is 0.237 e. The number of hydrogen-bond acceptors (Lipinski definition) is 3. The van der Waals surface area contributed by atoms with E-state index >= 15 is 0 Å². The van der Waals surface area contributed by atoms with E-state index < -0.39 is 0 Å². The number of nitrogens with one attached hydrogen (secondary N) is 2. The van der Waals surface area contributed by atoms with Crippen LogP contribution in [0.2, 0.25) is 0 Å². The van der Waals surface area contributed by atoms with Gasteiger partial charge in [-0.1, -0.05) is 12.8 Å². The van der Waals surface area contributed by atoms with Crippen LogP contribution in [0.1, 0.15) is 38.5 Å². The van der Waals surface area contributed by atoms with Crippen molar-refractivity contribution in [1.82, 2.24) is 10.6 Å². The summed E-state index contributed by atoms with van der Waals surface area (Å²) in [5, 5.41) is 6.57. The zero-order valence-corrected chi connectivity index (χ0v) is 11.5. The Morgan fingerprint density at radius 3 is 3.00 bits per heavy atom. The van der Waals surface area contributed by atoms with Crippen molar-refractivity contribution < 1.29 is 4.79 Å². The van der Waals surface area contributed by atoms with Crippen LogP contribution in [0.4, 0.5) is 0 Å². The summed E-state index contributed by atoms with van der Waals surface area (Å²) in [6.45, 7) is 0.827. The van der Waals surface area contributed by atoms with Crippen LogP contribution in [0.25, 0.3) is 0 Å². The van der Waals surface area contributed by atoms with Crippen LogP contribution in [0.5, 0.6) is 0 Å². The van der Waals surface area contributed by atoms with Crippen molar-refractivity contribution in [3.63, 3.8) is 0 Å². The van der Waals surface area contributed by atoms with Gasteiger partial charge in [-0.3, -0.25) is 4.79 Å². The van der Waals surface area contributed by atoms with Gasteiger partial charge in [0.05, 0.1) is 6.04 Å². The highest BCUT2D eigenvalue weighted by Crippen LogP contribution is 2.33. The second-order valence-corrected chi connectivity index (χ2v) is 6.23. The molecule has 4 heteroatoms. The van der Waals surface area contributed by atoms with E-state index in [4.69, 9.17) is 0 Å². The minimum Gasteiger partial charge on any atom is -0.355 e. The molecule has 0 spiro atoms. The topological polar surface area (TPSA) is 41.1 Å². The molecule has 3 nitrogen and oxygen atoms in total. The van der Waals surface area contributed by atoms with Crippen LogP contribution in [-0.2, 0) is 4.79 Å². The van der Waals surface area contributed by atoms with E-state index in [0.717, 1.165) is 31.1 Å². The summed E-state index contributed by atoms with van der Waals surface area (Å²) in [6.07, 6.45) is 9.49. The highest BCUT2D eigenvalue weighted by molar-refractivity contribution is 7.98. The van der Waals surface area contributed by atoms with Gasteiger partial charge in [-0.05, 0) is 43.6 Å². The van der Waals surface area contributed by atoms with Crippen LogP contribution in [0, 0.1) is 5.92 Å².